The molecule has 1 N–H and O–H groups in total. The number of carbonyl (C=O) groups is 1. The maximum Gasteiger partial charge on any atom is 0.303 e. The summed E-state index contributed by atoms with van der Waals surface area (Å²) in [5, 5.41) is 9.16. The van der Waals surface area contributed by atoms with Crippen molar-refractivity contribution in [1.82, 2.24) is 4.90 Å². The minimum atomic E-state index is -0.711. The van der Waals surface area contributed by atoms with E-state index in [-0.39, 0.29) is 6.42 Å². The van der Waals surface area contributed by atoms with E-state index in [2.05, 4.69) is 35.0 Å². The molecule has 4 fully saturated rings. The average molecular weight is 425 g/mol. The van der Waals surface area contributed by atoms with Gasteiger partial charge >= 0.3 is 5.97 Å². The number of hydrogen-bond acceptors (Lipinski definition) is 3. The fourth-order valence-electron chi connectivity index (χ4n) is 7.75. The zero-order valence-electron chi connectivity index (χ0n) is 19.2. The van der Waals surface area contributed by atoms with Crippen molar-refractivity contribution < 1.29 is 9.90 Å². The summed E-state index contributed by atoms with van der Waals surface area (Å²) >= 11 is 0. The molecule has 1 aromatic carbocycles. The summed E-state index contributed by atoms with van der Waals surface area (Å²) in [4.78, 5) is 16.6. The molecule has 2 heterocycles. The van der Waals surface area contributed by atoms with Crippen molar-refractivity contribution in [3.05, 3.63) is 29.8 Å². The van der Waals surface area contributed by atoms with Crippen molar-refractivity contribution in [2.24, 2.45) is 11.8 Å². The van der Waals surface area contributed by atoms with Crippen molar-refractivity contribution in [2.45, 2.75) is 108 Å². The van der Waals surface area contributed by atoms with Gasteiger partial charge in [0.15, 0.2) is 0 Å². The standard InChI is InChI=1S/C27H40N2O2/c1-28(26-11-3-2-8-21(26)12-13-27(30)31)24-17-22-9-5-10-23(18-24)29(22)25-15-19-6-4-7-20(14-19)16-25/h2-3,8,11,19-20,22-25H,4-7,9-10,12-18H2,1H3,(H,30,31)/t19-,20?,22-,23+,24+,25+/m1/s1. The van der Waals surface area contributed by atoms with E-state index in [1.807, 2.05) is 6.07 Å². The van der Waals surface area contributed by atoms with Crippen molar-refractivity contribution in [2.75, 3.05) is 11.9 Å². The van der Waals surface area contributed by atoms with Crippen molar-refractivity contribution in [3.8, 4) is 0 Å². The zero-order chi connectivity index (χ0) is 21.4. The monoisotopic (exact) mass is 424 g/mol. The highest BCUT2D eigenvalue weighted by molar-refractivity contribution is 5.68. The molecule has 2 saturated heterocycles. The molecule has 6 atom stereocenters. The Morgan fingerprint density at radius 3 is 2.26 bits per heavy atom. The Balaban J connectivity index is 1.30. The SMILES string of the molecule is CN(c1ccccc1CCC(=O)O)[C@H]1C[C@H]2CCC[C@@H](C1)N2[C@@H]1CC2CCC[C@H](C2)C1. The number of para-hydroxylation sites is 1. The summed E-state index contributed by atoms with van der Waals surface area (Å²) in [5.74, 6) is 1.29. The van der Waals surface area contributed by atoms with E-state index in [9.17, 15) is 4.79 Å². The van der Waals surface area contributed by atoms with Crippen molar-refractivity contribution >= 4 is 11.7 Å². The van der Waals surface area contributed by atoms with Gasteiger partial charge in [0.2, 0.25) is 0 Å². The van der Waals surface area contributed by atoms with Gasteiger partial charge in [0.1, 0.15) is 0 Å². The maximum absolute atomic E-state index is 11.1. The quantitative estimate of drug-likeness (QED) is 0.655. The van der Waals surface area contributed by atoms with E-state index in [0.29, 0.717) is 12.5 Å². The van der Waals surface area contributed by atoms with Crippen LogP contribution in [0.4, 0.5) is 5.69 Å². The molecule has 5 rings (SSSR count). The zero-order valence-corrected chi connectivity index (χ0v) is 19.2. The second-order valence-electron chi connectivity index (χ2n) is 11.0. The molecule has 2 aliphatic heterocycles. The molecular formula is C27H40N2O2. The van der Waals surface area contributed by atoms with Gasteiger partial charge in [-0.05, 0) is 74.8 Å². The summed E-state index contributed by atoms with van der Waals surface area (Å²) in [7, 11) is 2.25. The summed E-state index contributed by atoms with van der Waals surface area (Å²) in [6, 6.07) is 11.4. The third-order valence-electron chi connectivity index (χ3n) is 9.06. The number of fused-ring (bicyclic) bond motifs is 4. The third kappa shape index (κ3) is 4.51. The summed E-state index contributed by atoms with van der Waals surface area (Å²) in [5.41, 5.74) is 2.42. The van der Waals surface area contributed by atoms with E-state index in [1.54, 1.807) is 0 Å². The molecule has 2 aliphatic carbocycles. The molecule has 4 heteroatoms. The van der Waals surface area contributed by atoms with E-state index >= 15 is 0 Å². The fourth-order valence-corrected chi connectivity index (χ4v) is 7.75. The van der Waals surface area contributed by atoms with Crippen LogP contribution in [0, 0.1) is 11.8 Å². The molecule has 4 bridgehead atoms. The van der Waals surface area contributed by atoms with Crippen molar-refractivity contribution in [3.63, 3.8) is 0 Å². The van der Waals surface area contributed by atoms with E-state index in [0.717, 1.165) is 30.0 Å². The lowest BCUT2D eigenvalue weighted by Gasteiger charge is -2.56. The van der Waals surface area contributed by atoms with Crippen LogP contribution in [-0.2, 0) is 11.2 Å². The predicted octanol–water partition coefficient (Wildman–Crippen LogP) is 5.49. The van der Waals surface area contributed by atoms with E-state index in [1.165, 1.54) is 81.9 Å². The van der Waals surface area contributed by atoms with Crippen LogP contribution in [0.15, 0.2) is 24.3 Å². The molecule has 0 radical (unpaired) electrons. The predicted molar refractivity (Wildman–Crippen MR) is 126 cm³/mol. The summed E-state index contributed by atoms with van der Waals surface area (Å²) in [6.07, 6.45) is 16.4. The van der Waals surface area contributed by atoms with Gasteiger partial charge in [0, 0.05) is 43.3 Å². The number of aliphatic carboxylic acids is 1. The number of rotatable bonds is 6. The van der Waals surface area contributed by atoms with Crippen molar-refractivity contribution in [1.29, 1.82) is 0 Å². The molecule has 31 heavy (non-hydrogen) atoms. The highest BCUT2D eigenvalue weighted by Gasteiger charge is 2.45. The van der Waals surface area contributed by atoms with Crippen LogP contribution in [0.1, 0.15) is 82.6 Å². The third-order valence-corrected chi connectivity index (χ3v) is 9.06. The second kappa shape index (κ2) is 9.13. The Morgan fingerprint density at radius 1 is 0.935 bits per heavy atom. The first kappa shape index (κ1) is 21.3. The van der Waals surface area contributed by atoms with Gasteiger partial charge < -0.3 is 10.0 Å². The molecular weight excluding hydrogens is 384 g/mol. The Bertz CT molecular complexity index is 754. The number of benzene rings is 1. The average Bonchev–Trinajstić information content (AvgIpc) is 2.76. The van der Waals surface area contributed by atoms with Crippen LogP contribution < -0.4 is 4.90 Å². The lowest BCUT2D eigenvalue weighted by molar-refractivity contribution is -0.136. The second-order valence-corrected chi connectivity index (χ2v) is 11.0. The van der Waals surface area contributed by atoms with Crippen LogP contribution in [0.25, 0.3) is 0 Å². The minimum absolute atomic E-state index is 0.207. The fraction of sp³-hybridized carbons (Fsp3) is 0.741. The number of nitrogens with zero attached hydrogens (tertiary/aromatic N) is 2. The molecule has 0 aromatic heterocycles. The Morgan fingerprint density at radius 2 is 1.58 bits per heavy atom. The molecule has 0 spiro atoms. The molecule has 4 nitrogen and oxygen atoms in total. The lowest BCUT2D eigenvalue weighted by Crippen LogP contribution is -2.61. The molecule has 1 aromatic rings. The molecule has 2 saturated carbocycles. The molecule has 1 unspecified atom stereocenters. The molecule has 0 amide bonds. The number of aryl methyl sites for hydroxylation is 1. The summed E-state index contributed by atoms with van der Waals surface area (Å²) in [6.45, 7) is 0. The molecule has 170 valence electrons. The van der Waals surface area contributed by atoms with Gasteiger partial charge in [0.25, 0.3) is 0 Å². The van der Waals surface area contributed by atoms with Gasteiger partial charge in [-0.3, -0.25) is 9.69 Å². The number of anilines is 1. The largest absolute Gasteiger partial charge is 0.481 e. The van der Waals surface area contributed by atoms with Gasteiger partial charge in [-0.15, -0.1) is 0 Å². The topological polar surface area (TPSA) is 43.8 Å². The first-order valence-electron chi connectivity index (χ1n) is 12.9. The number of piperidine rings is 2. The van der Waals surface area contributed by atoms with E-state index in [4.69, 9.17) is 5.11 Å². The Labute approximate surface area is 188 Å². The van der Waals surface area contributed by atoms with Crippen LogP contribution in [0.3, 0.4) is 0 Å². The smallest absolute Gasteiger partial charge is 0.303 e. The van der Waals surface area contributed by atoms with Gasteiger partial charge in [-0.25, -0.2) is 0 Å². The molecule has 4 aliphatic rings. The van der Waals surface area contributed by atoms with E-state index < -0.39 is 5.97 Å². The number of hydrogen-bond donors (Lipinski definition) is 1. The Kier molecular flexibility index (Phi) is 6.28. The lowest BCUT2D eigenvalue weighted by atomic mass is 9.68. The summed E-state index contributed by atoms with van der Waals surface area (Å²) < 4.78 is 0. The maximum atomic E-state index is 11.1. The minimum Gasteiger partial charge on any atom is -0.481 e. The van der Waals surface area contributed by atoms with Crippen LogP contribution >= 0.6 is 0 Å². The normalized spacial score (nSPS) is 35.5. The first-order valence-corrected chi connectivity index (χ1v) is 12.9. The highest BCUT2D eigenvalue weighted by Crippen LogP contribution is 2.46. The van der Waals surface area contributed by atoms with Gasteiger partial charge in [-0.2, -0.15) is 0 Å². The number of carboxylic acids is 1. The highest BCUT2D eigenvalue weighted by atomic mass is 16.4. The Hall–Kier alpha value is -1.55. The van der Waals surface area contributed by atoms with Gasteiger partial charge in [0.05, 0.1) is 0 Å². The van der Waals surface area contributed by atoms with Crippen LogP contribution in [-0.4, -0.2) is 47.2 Å². The first-order chi connectivity index (χ1) is 15.1. The number of carboxylic acid groups (broad SMARTS) is 1. The van der Waals surface area contributed by atoms with Gasteiger partial charge in [-0.1, -0.05) is 43.9 Å². The van der Waals surface area contributed by atoms with Crippen LogP contribution in [0.2, 0.25) is 0 Å². The van der Waals surface area contributed by atoms with Crippen LogP contribution in [0.5, 0.6) is 0 Å².